The molecule has 1 aliphatic rings. The summed E-state index contributed by atoms with van der Waals surface area (Å²) in [6, 6.07) is 5.28. The number of benzene rings is 1. The number of nitrogens with one attached hydrogen (secondary N) is 2. The molecule has 1 fully saturated rings. The monoisotopic (exact) mass is 495 g/mol. The van der Waals surface area contributed by atoms with E-state index in [2.05, 4.69) is 15.6 Å². The van der Waals surface area contributed by atoms with Crippen molar-refractivity contribution in [3.05, 3.63) is 29.3 Å². The molecule has 26 heavy (non-hydrogen) atoms. The van der Waals surface area contributed by atoms with Crippen LogP contribution in [-0.4, -0.2) is 44.4 Å². The largest absolute Gasteiger partial charge is 0.388 e. The Balaban J connectivity index is 0.00000338. The van der Waals surface area contributed by atoms with Crippen LogP contribution < -0.4 is 10.6 Å². The molecule has 6 nitrogen and oxygen atoms in total. The van der Waals surface area contributed by atoms with E-state index in [0.717, 1.165) is 43.4 Å². The molecule has 0 amide bonds. The van der Waals surface area contributed by atoms with Crippen molar-refractivity contribution in [1.29, 1.82) is 0 Å². The number of aryl methyl sites for hydroxylation is 1. The third-order valence-corrected chi connectivity index (χ3v) is 5.78. The molecule has 0 aromatic heterocycles. The van der Waals surface area contributed by atoms with E-state index >= 15 is 0 Å². The van der Waals surface area contributed by atoms with Crippen molar-refractivity contribution in [3.8, 4) is 0 Å². The smallest absolute Gasteiger partial charge is 0.191 e. The molecule has 0 aliphatic heterocycles. The molecule has 1 aromatic rings. The highest BCUT2D eigenvalue weighted by molar-refractivity contribution is 14.0. The predicted octanol–water partition coefficient (Wildman–Crippen LogP) is 2.38. The van der Waals surface area contributed by atoms with Crippen LogP contribution in [0.25, 0.3) is 0 Å². The number of aliphatic imine (C=N–C) groups is 1. The van der Waals surface area contributed by atoms with Gasteiger partial charge in [-0.1, -0.05) is 25.0 Å². The first-order chi connectivity index (χ1) is 11.7. The molecule has 0 atom stereocenters. The van der Waals surface area contributed by atoms with Gasteiger partial charge in [-0.2, -0.15) is 0 Å². The van der Waals surface area contributed by atoms with E-state index in [1.165, 1.54) is 6.26 Å². The van der Waals surface area contributed by atoms with Gasteiger partial charge in [0, 0.05) is 19.3 Å². The fourth-order valence-corrected chi connectivity index (χ4v) is 4.16. The normalized spacial score (nSPS) is 16.8. The van der Waals surface area contributed by atoms with Gasteiger partial charge in [-0.15, -0.1) is 24.0 Å². The Labute approximate surface area is 173 Å². The van der Waals surface area contributed by atoms with E-state index in [1.807, 2.05) is 13.0 Å². The molecule has 148 valence electrons. The molecule has 0 heterocycles. The van der Waals surface area contributed by atoms with E-state index in [-0.39, 0.29) is 24.0 Å². The molecule has 0 bridgehead atoms. The second-order valence-electron chi connectivity index (χ2n) is 6.85. The van der Waals surface area contributed by atoms with Gasteiger partial charge >= 0.3 is 0 Å². The second-order valence-corrected chi connectivity index (χ2v) is 8.84. The summed E-state index contributed by atoms with van der Waals surface area (Å²) in [7, 11) is -3.20. The Morgan fingerprint density at radius 1 is 1.27 bits per heavy atom. The summed E-state index contributed by atoms with van der Waals surface area (Å²) in [5, 5.41) is 16.8. The molecule has 0 unspecified atom stereocenters. The topological polar surface area (TPSA) is 90.8 Å². The Kier molecular flexibility index (Phi) is 8.81. The molecule has 0 spiro atoms. The number of hydrogen-bond donors (Lipinski definition) is 3. The number of sulfone groups is 1. The zero-order chi connectivity index (χ0) is 18.5. The Morgan fingerprint density at radius 2 is 1.92 bits per heavy atom. The minimum Gasteiger partial charge on any atom is -0.388 e. The fourth-order valence-electron chi connectivity index (χ4n) is 3.20. The van der Waals surface area contributed by atoms with Crippen LogP contribution in [0.4, 0.5) is 0 Å². The molecule has 1 aromatic carbocycles. The van der Waals surface area contributed by atoms with Crippen molar-refractivity contribution < 1.29 is 13.5 Å². The molecular formula is C18H30IN3O3S. The lowest BCUT2D eigenvalue weighted by Crippen LogP contribution is -2.46. The van der Waals surface area contributed by atoms with Crippen molar-refractivity contribution in [2.75, 3.05) is 19.3 Å². The summed E-state index contributed by atoms with van der Waals surface area (Å²) >= 11 is 0. The molecule has 0 saturated heterocycles. The second kappa shape index (κ2) is 9.89. The van der Waals surface area contributed by atoms with E-state index in [9.17, 15) is 13.5 Å². The molecule has 1 aliphatic carbocycles. The SMILES string of the molecule is CCNC(=NCc1ccc(S(C)(=O)=O)c(C)c1)NCC1(O)CCCC1.I. The summed E-state index contributed by atoms with van der Waals surface area (Å²) in [4.78, 5) is 4.90. The number of hydrogen-bond acceptors (Lipinski definition) is 4. The van der Waals surface area contributed by atoms with Gasteiger partial charge in [0.15, 0.2) is 15.8 Å². The summed E-state index contributed by atoms with van der Waals surface area (Å²) in [5.41, 5.74) is 1.04. The molecular weight excluding hydrogens is 465 g/mol. The number of nitrogens with zero attached hydrogens (tertiary/aromatic N) is 1. The highest BCUT2D eigenvalue weighted by Crippen LogP contribution is 2.28. The molecule has 8 heteroatoms. The lowest BCUT2D eigenvalue weighted by atomic mass is 10.0. The van der Waals surface area contributed by atoms with Crippen molar-refractivity contribution in [3.63, 3.8) is 0 Å². The van der Waals surface area contributed by atoms with Crippen LogP contribution in [0.5, 0.6) is 0 Å². The Bertz CT molecular complexity index is 729. The number of halogens is 1. The first kappa shape index (κ1) is 23.2. The highest BCUT2D eigenvalue weighted by Gasteiger charge is 2.30. The Morgan fingerprint density at radius 3 is 2.46 bits per heavy atom. The zero-order valence-electron chi connectivity index (χ0n) is 15.7. The van der Waals surface area contributed by atoms with Gasteiger partial charge in [-0.3, -0.25) is 0 Å². The number of guanidine groups is 1. The Hall–Kier alpha value is -0.870. The summed E-state index contributed by atoms with van der Waals surface area (Å²) in [6.45, 7) is 5.45. The lowest BCUT2D eigenvalue weighted by molar-refractivity contribution is 0.0522. The van der Waals surface area contributed by atoms with Crippen molar-refractivity contribution in [1.82, 2.24) is 10.6 Å². The molecule has 1 saturated carbocycles. The predicted molar refractivity (Wildman–Crippen MR) is 116 cm³/mol. The van der Waals surface area contributed by atoms with E-state index in [1.54, 1.807) is 19.1 Å². The van der Waals surface area contributed by atoms with Crippen LogP contribution in [0, 0.1) is 6.92 Å². The van der Waals surface area contributed by atoms with Crippen LogP contribution in [0.1, 0.15) is 43.7 Å². The minimum atomic E-state index is -3.20. The van der Waals surface area contributed by atoms with Gasteiger partial charge in [-0.05, 0) is 43.9 Å². The summed E-state index contributed by atoms with van der Waals surface area (Å²) < 4.78 is 23.4. The maximum absolute atomic E-state index is 11.7. The summed E-state index contributed by atoms with van der Waals surface area (Å²) in [6.07, 6.45) is 5.00. The van der Waals surface area contributed by atoms with E-state index in [4.69, 9.17) is 0 Å². The van der Waals surface area contributed by atoms with Crippen molar-refractivity contribution >= 4 is 39.8 Å². The van der Waals surface area contributed by atoms with Crippen LogP contribution in [-0.2, 0) is 16.4 Å². The van der Waals surface area contributed by atoms with Crippen LogP contribution in [0.2, 0.25) is 0 Å². The van der Waals surface area contributed by atoms with E-state index in [0.29, 0.717) is 23.9 Å². The first-order valence-corrected chi connectivity index (χ1v) is 10.7. The maximum atomic E-state index is 11.7. The maximum Gasteiger partial charge on any atom is 0.191 e. The fraction of sp³-hybridized carbons (Fsp3) is 0.611. The van der Waals surface area contributed by atoms with Crippen LogP contribution in [0.15, 0.2) is 28.1 Å². The van der Waals surface area contributed by atoms with Gasteiger partial charge < -0.3 is 15.7 Å². The van der Waals surface area contributed by atoms with Gasteiger partial charge in [-0.25, -0.2) is 13.4 Å². The van der Waals surface area contributed by atoms with Crippen molar-refractivity contribution in [2.24, 2.45) is 4.99 Å². The van der Waals surface area contributed by atoms with Crippen LogP contribution in [0.3, 0.4) is 0 Å². The van der Waals surface area contributed by atoms with Gasteiger partial charge in [0.1, 0.15) is 0 Å². The quantitative estimate of drug-likeness (QED) is 0.320. The zero-order valence-corrected chi connectivity index (χ0v) is 18.9. The van der Waals surface area contributed by atoms with Gasteiger partial charge in [0.25, 0.3) is 0 Å². The average Bonchev–Trinajstić information content (AvgIpc) is 2.96. The molecule has 2 rings (SSSR count). The minimum absolute atomic E-state index is 0. The number of rotatable bonds is 6. The molecule has 0 radical (unpaired) electrons. The molecule has 3 N–H and O–H groups in total. The van der Waals surface area contributed by atoms with Gasteiger partial charge in [0.05, 0.1) is 17.0 Å². The highest BCUT2D eigenvalue weighted by atomic mass is 127. The third kappa shape index (κ3) is 6.70. The van der Waals surface area contributed by atoms with Gasteiger partial charge in [0.2, 0.25) is 0 Å². The third-order valence-electron chi connectivity index (χ3n) is 4.52. The van der Waals surface area contributed by atoms with Crippen LogP contribution >= 0.6 is 24.0 Å². The lowest BCUT2D eigenvalue weighted by Gasteiger charge is -2.23. The number of aliphatic hydroxyl groups is 1. The first-order valence-electron chi connectivity index (χ1n) is 8.78. The van der Waals surface area contributed by atoms with Crippen molar-refractivity contribution in [2.45, 2.75) is 56.6 Å². The summed E-state index contributed by atoms with van der Waals surface area (Å²) in [5.74, 6) is 0.660. The van der Waals surface area contributed by atoms with E-state index < -0.39 is 15.4 Å². The average molecular weight is 495 g/mol. The standard InChI is InChI=1S/C18H29N3O3S.HI/c1-4-19-17(21-13-18(22)9-5-6-10-18)20-12-15-7-8-16(14(2)11-15)25(3,23)24;/h7-8,11,22H,4-6,9-10,12-13H2,1-3H3,(H2,19,20,21);1H.